The minimum atomic E-state index is 0.402. The van der Waals surface area contributed by atoms with Crippen LogP contribution in [0.5, 0.6) is 0 Å². The minimum Gasteiger partial charge on any atom is -0.357 e. The molecule has 74 valence electrons. The van der Waals surface area contributed by atoms with Crippen molar-refractivity contribution in [2.24, 2.45) is 11.8 Å². The van der Waals surface area contributed by atoms with Crippen molar-refractivity contribution in [1.82, 2.24) is 4.90 Å². The standard InChI is InChI=1S/C11H20N2/c1-8(2)11(12)13(10-5-6-10)7-9-3-4-9/h8-10,12H,3-7H2,1-2H3. The highest BCUT2D eigenvalue weighted by Gasteiger charge is 2.35. The molecule has 2 saturated carbocycles. The number of hydrogen-bond acceptors (Lipinski definition) is 1. The van der Waals surface area contributed by atoms with Crippen LogP contribution in [0.2, 0.25) is 0 Å². The van der Waals surface area contributed by atoms with Gasteiger partial charge in [0.15, 0.2) is 0 Å². The zero-order valence-corrected chi connectivity index (χ0v) is 8.71. The molecule has 0 spiro atoms. The number of rotatable bonds is 4. The molecular weight excluding hydrogens is 160 g/mol. The van der Waals surface area contributed by atoms with Gasteiger partial charge in [0.25, 0.3) is 0 Å². The van der Waals surface area contributed by atoms with Crippen LogP contribution in [0.3, 0.4) is 0 Å². The van der Waals surface area contributed by atoms with Gasteiger partial charge in [0.2, 0.25) is 0 Å². The summed E-state index contributed by atoms with van der Waals surface area (Å²) in [5, 5.41) is 8.02. The lowest BCUT2D eigenvalue weighted by Crippen LogP contribution is -2.37. The molecule has 2 aliphatic carbocycles. The maximum absolute atomic E-state index is 8.02. The van der Waals surface area contributed by atoms with Crippen LogP contribution >= 0.6 is 0 Å². The van der Waals surface area contributed by atoms with Crippen molar-refractivity contribution in [2.75, 3.05) is 6.54 Å². The summed E-state index contributed by atoms with van der Waals surface area (Å²) in [4.78, 5) is 2.36. The molecule has 0 amide bonds. The van der Waals surface area contributed by atoms with E-state index >= 15 is 0 Å². The predicted octanol–water partition coefficient (Wildman–Crippen LogP) is 2.49. The van der Waals surface area contributed by atoms with Crippen molar-refractivity contribution >= 4 is 5.84 Å². The van der Waals surface area contributed by atoms with Crippen molar-refractivity contribution in [3.05, 3.63) is 0 Å². The monoisotopic (exact) mass is 180 g/mol. The lowest BCUT2D eigenvalue weighted by molar-refractivity contribution is 0.370. The first-order valence-corrected chi connectivity index (χ1v) is 5.53. The molecule has 0 heterocycles. The van der Waals surface area contributed by atoms with Crippen LogP contribution in [0.1, 0.15) is 39.5 Å². The van der Waals surface area contributed by atoms with Crippen LogP contribution in [-0.4, -0.2) is 23.3 Å². The van der Waals surface area contributed by atoms with Crippen LogP contribution in [0.4, 0.5) is 0 Å². The van der Waals surface area contributed by atoms with Crippen molar-refractivity contribution in [1.29, 1.82) is 5.41 Å². The zero-order valence-electron chi connectivity index (χ0n) is 8.71. The van der Waals surface area contributed by atoms with Gasteiger partial charge in [-0.1, -0.05) is 13.8 Å². The Morgan fingerprint density at radius 1 is 1.31 bits per heavy atom. The van der Waals surface area contributed by atoms with Crippen LogP contribution in [-0.2, 0) is 0 Å². The Bertz CT molecular complexity index is 202. The lowest BCUT2D eigenvalue weighted by atomic mass is 10.1. The molecule has 13 heavy (non-hydrogen) atoms. The van der Waals surface area contributed by atoms with Crippen LogP contribution in [0.25, 0.3) is 0 Å². The summed E-state index contributed by atoms with van der Waals surface area (Å²) in [5.41, 5.74) is 0. The Labute approximate surface area is 80.8 Å². The van der Waals surface area contributed by atoms with E-state index in [0.717, 1.165) is 17.8 Å². The maximum Gasteiger partial charge on any atom is 0.0986 e. The Balaban J connectivity index is 1.90. The van der Waals surface area contributed by atoms with Gasteiger partial charge in [0.1, 0.15) is 0 Å². The predicted molar refractivity (Wildman–Crippen MR) is 55.0 cm³/mol. The van der Waals surface area contributed by atoms with Gasteiger partial charge in [-0.05, 0) is 31.6 Å². The van der Waals surface area contributed by atoms with Crippen molar-refractivity contribution < 1.29 is 0 Å². The van der Waals surface area contributed by atoms with E-state index in [1.165, 1.54) is 32.2 Å². The normalized spacial score (nSPS) is 22.1. The third-order valence-corrected chi connectivity index (χ3v) is 3.00. The average Bonchev–Trinajstić information content (AvgIpc) is 2.90. The summed E-state index contributed by atoms with van der Waals surface area (Å²) in [5.74, 6) is 2.19. The molecule has 2 aliphatic rings. The highest BCUT2D eigenvalue weighted by Crippen LogP contribution is 2.35. The van der Waals surface area contributed by atoms with E-state index < -0.39 is 0 Å². The molecule has 0 saturated heterocycles. The SMILES string of the molecule is CC(C)C(=N)N(CC1CC1)C1CC1. The average molecular weight is 180 g/mol. The number of nitrogens with zero attached hydrogens (tertiary/aromatic N) is 1. The van der Waals surface area contributed by atoms with Gasteiger partial charge in [-0.3, -0.25) is 5.41 Å². The van der Waals surface area contributed by atoms with Crippen LogP contribution in [0.15, 0.2) is 0 Å². The third kappa shape index (κ3) is 2.23. The molecule has 0 unspecified atom stereocenters. The molecule has 2 rings (SSSR count). The topological polar surface area (TPSA) is 27.1 Å². The molecule has 0 radical (unpaired) electrons. The lowest BCUT2D eigenvalue weighted by Gasteiger charge is -2.27. The summed E-state index contributed by atoms with van der Waals surface area (Å²) in [6.45, 7) is 5.43. The Hall–Kier alpha value is -0.530. The molecular formula is C11H20N2. The van der Waals surface area contributed by atoms with E-state index in [2.05, 4.69) is 18.7 Å². The van der Waals surface area contributed by atoms with Gasteiger partial charge in [0, 0.05) is 18.5 Å². The molecule has 0 atom stereocenters. The van der Waals surface area contributed by atoms with Crippen molar-refractivity contribution in [3.8, 4) is 0 Å². The largest absolute Gasteiger partial charge is 0.357 e. The first-order chi connectivity index (χ1) is 6.18. The molecule has 2 heteroatoms. The Morgan fingerprint density at radius 2 is 1.92 bits per heavy atom. The summed E-state index contributed by atoms with van der Waals surface area (Å²) in [6.07, 6.45) is 5.44. The summed E-state index contributed by atoms with van der Waals surface area (Å²) in [6, 6.07) is 0.732. The van der Waals surface area contributed by atoms with Crippen molar-refractivity contribution in [3.63, 3.8) is 0 Å². The van der Waals surface area contributed by atoms with Crippen molar-refractivity contribution in [2.45, 2.75) is 45.6 Å². The second-order valence-corrected chi connectivity index (χ2v) is 4.87. The fraction of sp³-hybridized carbons (Fsp3) is 0.909. The molecule has 0 aromatic carbocycles. The maximum atomic E-state index is 8.02. The number of nitrogens with one attached hydrogen (secondary N) is 1. The summed E-state index contributed by atoms with van der Waals surface area (Å²) < 4.78 is 0. The molecule has 1 N–H and O–H groups in total. The van der Waals surface area contributed by atoms with Gasteiger partial charge in [-0.15, -0.1) is 0 Å². The fourth-order valence-corrected chi connectivity index (χ4v) is 1.74. The molecule has 0 aromatic heterocycles. The first-order valence-electron chi connectivity index (χ1n) is 5.53. The summed E-state index contributed by atoms with van der Waals surface area (Å²) in [7, 11) is 0. The molecule has 2 nitrogen and oxygen atoms in total. The van der Waals surface area contributed by atoms with Gasteiger partial charge in [-0.2, -0.15) is 0 Å². The highest BCUT2D eigenvalue weighted by atomic mass is 15.2. The smallest absolute Gasteiger partial charge is 0.0986 e. The van der Waals surface area contributed by atoms with Gasteiger partial charge in [0.05, 0.1) is 5.84 Å². The Kier molecular flexibility index (Phi) is 2.31. The second kappa shape index (κ2) is 3.32. The number of amidine groups is 1. The summed E-state index contributed by atoms with van der Waals surface area (Å²) >= 11 is 0. The van der Waals surface area contributed by atoms with E-state index in [-0.39, 0.29) is 0 Å². The van der Waals surface area contributed by atoms with Crippen LogP contribution in [0, 0.1) is 17.2 Å². The first kappa shape index (κ1) is 9.04. The highest BCUT2D eigenvalue weighted by molar-refractivity contribution is 5.81. The van der Waals surface area contributed by atoms with E-state index in [9.17, 15) is 0 Å². The molecule has 0 aromatic rings. The van der Waals surface area contributed by atoms with E-state index in [1.807, 2.05) is 0 Å². The zero-order chi connectivity index (χ0) is 9.42. The quantitative estimate of drug-likeness (QED) is 0.522. The van der Waals surface area contributed by atoms with E-state index in [0.29, 0.717) is 5.92 Å². The molecule has 2 fully saturated rings. The van der Waals surface area contributed by atoms with E-state index in [1.54, 1.807) is 0 Å². The molecule has 0 bridgehead atoms. The molecule has 0 aliphatic heterocycles. The second-order valence-electron chi connectivity index (χ2n) is 4.87. The van der Waals surface area contributed by atoms with Gasteiger partial charge >= 0.3 is 0 Å². The fourth-order valence-electron chi connectivity index (χ4n) is 1.74. The minimum absolute atomic E-state index is 0.402. The number of hydrogen-bond donors (Lipinski definition) is 1. The Morgan fingerprint density at radius 3 is 2.31 bits per heavy atom. The van der Waals surface area contributed by atoms with Crippen LogP contribution < -0.4 is 0 Å². The van der Waals surface area contributed by atoms with Gasteiger partial charge in [-0.25, -0.2) is 0 Å². The van der Waals surface area contributed by atoms with E-state index in [4.69, 9.17) is 5.41 Å². The van der Waals surface area contributed by atoms with Gasteiger partial charge < -0.3 is 4.90 Å². The third-order valence-electron chi connectivity index (χ3n) is 3.00.